The number of carboxylic acids is 1. The van der Waals surface area contributed by atoms with Crippen LogP contribution in [0.3, 0.4) is 0 Å². The number of carbonyl (C=O) groups is 1. The van der Waals surface area contributed by atoms with E-state index in [-0.39, 0.29) is 4.88 Å². The zero-order valence-electron chi connectivity index (χ0n) is 11.9. The Bertz CT molecular complexity index is 813. The quantitative estimate of drug-likeness (QED) is 0.741. The molecule has 0 bridgehead atoms. The maximum Gasteiger partial charge on any atom is 0.348 e. The van der Waals surface area contributed by atoms with Crippen LogP contribution in [0.5, 0.6) is 0 Å². The van der Waals surface area contributed by atoms with Crippen molar-refractivity contribution in [3.05, 3.63) is 65.0 Å². The van der Waals surface area contributed by atoms with E-state index in [1.54, 1.807) is 0 Å². The molecular weight excluding hydrogens is 296 g/mol. The summed E-state index contributed by atoms with van der Waals surface area (Å²) in [4.78, 5) is 16.1. The number of rotatable bonds is 4. The van der Waals surface area contributed by atoms with Gasteiger partial charge in [-0.3, -0.25) is 0 Å². The molecule has 0 amide bonds. The van der Waals surface area contributed by atoms with Gasteiger partial charge in [0.25, 0.3) is 0 Å². The Balaban J connectivity index is 1.99. The SMILES string of the molecule is Cc1cccc(Nc2nc(-c3ccccc3)c(C(=O)O)s2)c1. The lowest BCUT2D eigenvalue weighted by Crippen LogP contribution is -1.95. The molecule has 0 saturated heterocycles. The van der Waals surface area contributed by atoms with Crippen molar-refractivity contribution in [2.45, 2.75) is 6.92 Å². The first-order valence-electron chi connectivity index (χ1n) is 6.77. The van der Waals surface area contributed by atoms with Crippen molar-refractivity contribution in [1.29, 1.82) is 0 Å². The molecule has 22 heavy (non-hydrogen) atoms. The highest BCUT2D eigenvalue weighted by Crippen LogP contribution is 2.32. The molecule has 2 aromatic carbocycles. The topological polar surface area (TPSA) is 62.2 Å². The molecule has 110 valence electrons. The molecule has 0 spiro atoms. The molecule has 0 radical (unpaired) electrons. The van der Waals surface area contributed by atoms with E-state index in [1.807, 2.05) is 61.5 Å². The number of aromatic nitrogens is 1. The number of aromatic carboxylic acids is 1. The third kappa shape index (κ3) is 2.99. The van der Waals surface area contributed by atoms with Crippen LogP contribution in [-0.4, -0.2) is 16.1 Å². The van der Waals surface area contributed by atoms with E-state index in [0.717, 1.165) is 28.2 Å². The molecule has 0 fully saturated rings. The average Bonchev–Trinajstić information content (AvgIpc) is 2.92. The fraction of sp³-hybridized carbons (Fsp3) is 0.0588. The third-order valence-electron chi connectivity index (χ3n) is 3.14. The summed E-state index contributed by atoms with van der Waals surface area (Å²) >= 11 is 1.14. The van der Waals surface area contributed by atoms with E-state index < -0.39 is 5.97 Å². The molecule has 0 unspecified atom stereocenters. The van der Waals surface area contributed by atoms with Crippen molar-refractivity contribution in [1.82, 2.24) is 4.98 Å². The number of thiazole rings is 1. The van der Waals surface area contributed by atoms with Gasteiger partial charge in [-0.25, -0.2) is 9.78 Å². The molecule has 1 heterocycles. The van der Waals surface area contributed by atoms with Crippen LogP contribution in [0.4, 0.5) is 10.8 Å². The molecule has 0 saturated carbocycles. The van der Waals surface area contributed by atoms with E-state index in [0.29, 0.717) is 10.8 Å². The van der Waals surface area contributed by atoms with Crippen LogP contribution in [0.1, 0.15) is 15.2 Å². The third-order valence-corrected chi connectivity index (χ3v) is 4.10. The fourth-order valence-electron chi connectivity index (χ4n) is 2.16. The zero-order chi connectivity index (χ0) is 15.5. The smallest absolute Gasteiger partial charge is 0.348 e. The van der Waals surface area contributed by atoms with Crippen LogP contribution in [0.25, 0.3) is 11.3 Å². The maximum atomic E-state index is 11.5. The predicted molar refractivity (Wildman–Crippen MR) is 89.0 cm³/mol. The molecule has 0 aliphatic heterocycles. The lowest BCUT2D eigenvalue weighted by atomic mass is 10.1. The number of nitrogens with one attached hydrogen (secondary N) is 1. The first-order valence-corrected chi connectivity index (χ1v) is 7.58. The Morgan fingerprint density at radius 2 is 1.91 bits per heavy atom. The van der Waals surface area contributed by atoms with Gasteiger partial charge in [0.2, 0.25) is 0 Å². The van der Waals surface area contributed by atoms with Gasteiger partial charge in [-0.15, -0.1) is 0 Å². The zero-order valence-corrected chi connectivity index (χ0v) is 12.7. The number of carboxylic acid groups (broad SMARTS) is 1. The number of hydrogen-bond acceptors (Lipinski definition) is 4. The molecule has 5 heteroatoms. The minimum Gasteiger partial charge on any atom is -0.477 e. The summed E-state index contributed by atoms with van der Waals surface area (Å²) in [6.07, 6.45) is 0. The number of nitrogens with zero attached hydrogens (tertiary/aromatic N) is 1. The van der Waals surface area contributed by atoms with Crippen molar-refractivity contribution in [3.8, 4) is 11.3 Å². The molecule has 3 rings (SSSR count). The van der Waals surface area contributed by atoms with Crippen molar-refractivity contribution in [3.63, 3.8) is 0 Å². The van der Waals surface area contributed by atoms with E-state index in [2.05, 4.69) is 10.3 Å². The monoisotopic (exact) mass is 310 g/mol. The van der Waals surface area contributed by atoms with Crippen molar-refractivity contribution in [2.24, 2.45) is 0 Å². The maximum absolute atomic E-state index is 11.5. The Morgan fingerprint density at radius 1 is 1.14 bits per heavy atom. The van der Waals surface area contributed by atoms with Gasteiger partial charge >= 0.3 is 5.97 Å². The first kappa shape index (κ1) is 14.3. The minimum atomic E-state index is -0.964. The number of benzene rings is 2. The Kier molecular flexibility index (Phi) is 3.89. The van der Waals surface area contributed by atoms with Gasteiger partial charge in [0.15, 0.2) is 5.13 Å². The predicted octanol–water partition coefficient (Wildman–Crippen LogP) is 4.56. The van der Waals surface area contributed by atoms with Gasteiger partial charge in [0, 0.05) is 11.3 Å². The summed E-state index contributed by atoms with van der Waals surface area (Å²) in [7, 11) is 0. The van der Waals surface area contributed by atoms with Crippen LogP contribution < -0.4 is 5.32 Å². The van der Waals surface area contributed by atoms with E-state index in [4.69, 9.17) is 0 Å². The molecule has 3 aromatic rings. The second-order valence-corrected chi connectivity index (χ2v) is 5.86. The summed E-state index contributed by atoms with van der Waals surface area (Å²) in [6, 6.07) is 17.2. The van der Waals surface area contributed by atoms with Crippen molar-refractivity contribution >= 4 is 28.1 Å². The van der Waals surface area contributed by atoms with Gasteiger partial charge in [-0.1, -0.05) is 53.8 Å². The fourth-order valence-corrected chi connectivity index (χ4v) is 3.00. The van der Waals surface area contributed by atoms with E-state index >= 15 is 0 Å². The lowest BCUT2D eigenvalue weighted by Gasteiger charge is -2.02. The van der Waals surface area contributed by atoms with Crippen molar-refractivity contribution in [2.75, 3.05) is 5.32 Å². The number of aryl methyl sites for hydroxylation is 1. The van der Waals surface area contributed by atoms with Crippen LogP contribution >= 0.6 is 11.3 Å². The molecule has 4 nitrogen and oxygen atoms in total. The van der Waals surface area contributed by atoms with Crippen molar-refractivity contribution < 1.29 is 9.90 Å². The molecule has 0 aliphatic carbocycles. The summed E-state index contributed by atoms with van der Waals surface area (Å²) in [5.74, 6) is -0.964. The largest absolute Gasteiger partial charge is 0.477 e. The first-order chi connectivity index (χ1) is 10.6. The molecular formula is C17H14N2O2S. The van der Waals surface area contributed by atoms with Gasteiger partial charge in [0.05, 0.1) is 5.69 Å². The minimum absolute atomic E-state index is 0.237. The number of anilines is 2. The normalized spacial score (nSPS) is 10.4. The highest BCUT2D eigenvalue weighted by atomic mass is 32.1. The van der Waals surface area contributed by atoms with E-state index in [9.17, 15) is 9.90 Å². The van der Waals surface area contributed by atoms with Gasteiger partial charge in [-0.05, 0) is 24.6 Å². The summed E-state index contributed by atoms with van der Waals surface area (Å²) < 4.78 is 0. The van der Waals surface area contributed by atoms with Gasteiger partial charge in [0.1, 0.15) is 4.88 Å². The summed E-state index contributed by atoms with van der Waals surface area (Å²) in [5.41, 5.74) is 3.32. The average molecular weight is 310 g/mol. The Hall–Kier alpha value is -2.66. The summed E-state index contributed by atoms with van der Waals surface area (Å²) in [5, 5.41) is 13.1. The number of hydrogen-bond donors (Lipinski definition) is 2. The van der Waals surface area contributed by atoms with Crippen LogP contribution in [-0.2, 0) is 0 Å². The van der Waals surface area contributed by atoms with Crippen LogP contribution in [0.15, 0.2) is 54.6 Å². The van der Waals surface area contributed by atoms with Gasteiger partial charge in [-0.2, -0.15) is 0 Å². The second-order valence-electron chi connectivity index (χ2n) is 4.86. The Labute approximate surface area is 132 Å². The van der Waals surface area contributed by atoms with E-state index in [1.165, 1.54) is 0 Å². The molecule has 0 aliphatic rings. The summed E-state index contributed by atoms with van der Waals surface area (Å²) in [6.45, 7) is 2.01. The highest BCUT2D eigenvalue weighted by Gasteiger charge is 2.18. The lowest BCUT2D eigenvalue weighted by molar-refractivity contribution is 0.0702. The second kappa shape index (κ2) is 5.99. The van der Waals surface area contributed by atoms with Crippen LogP contribution in [0.2, 0.25) is 0 Å². The molecule has 1 aromatic heterocycles. The highest BCUT2D eigenvalue weighted by molar-refractivity contribution is 7.18. The van der Waals surface area contributed by atoms with Crippen LogP contribution in [0, 0.1) is 6.92 Å². The van der Waals surface area contributed by atoms with Gasteiger partial charge < -0.3 is 10.4 Å². The molecule has 0 atom stereocenters. The standard InChI is InChI=1S/C17H14N2O2S/c1-11-6-5-9-13(10-11)18-17-19-14(15(22-17)16(20)21)12-7-3-2-4-8-12/h2-10H,1H3,(H,18,19)(H,20,21). The molecule has 2 N–H and O–H groups in total. The Morgan fingerprint density at radius 3 is 2.59 bits per heavy atom.